The molecule has 0 radical (unpaired) electrons. The fraction of sp³-hybridized carbons (Fsp3) is 0.556. The second-order valence-electron chi connectivity index (χ2n) is 13.2. The molecule has 4 N–H and O–H groups in total. The molecule has 3 aliphatic rings. The fourth-order valence-electron chi connectivity index (χ4n) is 7.33. The first kappa shape index (κ1) is 31.7. The van der Waals surface area contributed by atoms with Crippen LogP contribution < -0.4 is 10.9 Å². The van der Waals surface area contributed by atoms with Crippen molar-refractivity contribution in [2.24, 2.45) is 11.8 Å². The van der Waals surface area contributed by atoms with E-state index in [9.17, 15) is 19.8 Å². The molecule has 2 heterocycles. The number of amides is 1. The summed E-state index contributed by atoms with van der Waals surface area (Å²) in [6, 6.07) is 15.3. The van der Waals surface area contributed by atoms with Gasteiger partial charge in [0.2, 0.25) is 11.5 Å². The number of aliphatic hydroxyl groups is 1. The van der Waals surface area contributed by atoms with Gasteiger partial charge in [-0.05, 0) is 79.2 Å². The molecule has 1 aliphatic heterocycles. The molecular formula is C36H48N4O5. The lowest BCUT2D eigenvalue weighted by Crippen LogP contribution is -2.39. The van der Waals surface area contributed by atoms with Crippen molar-refractivity contribution < 1.29 is 19.7 Å². The van der Waals surface area contributed by atoms with Crippen LogP contribution in [0.1, 0.15) is 61.3 Å². The second-order valence-corrected chi connectivity index (χ2v) is 13.2. The van der Waals surface area contributed by atoms with E-state index in [0.29, 0.717) is 55.2 Å². The van der Waals surface area contributed by atoms with Crippen molar-refractivity contribution in [3.63, 3.8) is 0 Å². The van der Waals surface area contributed by atoms with E-state index in [0.717, 1.165) is 44.1 Å². The molecule has 3 fully saturated rings. The number of aromatic hydroxyl groups is 1. The van der Waals surface area contributed by atoms with Crippen molar-refractivity contribution in [2.75, 3.05) is 52.5 Å². The zero-order valence-electron chi connectivity index (χ0n) is 26.3. The van der Waals surface area contributed by atoms with Gasteiger partial charge in [0.15, 0.2) is 0 Å². The lowest BCUT2D eigenvalue weighted by molar-refractivity contribution is -0.132. The number of fused-ring (bicyclic) bond motifs is 2. The minimum Gasteiger partial charge on any atom is -0.506 e. The van der Waals surface area contributed by atoms with Gasteiger partial charge >= 0.3 is 0 Å². The number of aromatic nitrogens is 1. The summed E-state index contributed by atoms with van der Waals surface area (Å²) in [5.74, 6) is 1.97. The maximum Gasteiger partial charge on any atom is 0.248 e. The number of hydrogen-bond acceptors (Lipinski definition) is 7. The predicted octanol–water partition coefficient (Wildman–Crippen LogP) is 3.77. The molecule has 2 aromatic carbocycles. The highest BCUT2D eigenvalue weighted by atomic mass is 16.5. The molecule has 3 aromatic rings. The normalized spacial score (nSPS) is 20.5. The third kappa shape index (κ3) is 8.33. The Labute approximate surface area is 265 Å². The first-order chi connectivity index (χ1) is 21.9. The summed E-state index contributed by atoms with van der Waals surface area (Å²) in [6.45, 7) is 6.18. The average Bonchev–Trinajstić information content (AvgIpc) is 3.65. The molecule has 0 spiro atoms. The Morgan fingerprint density at radius 1 is 1.02 bits per heavy atom. The van der Waals surface area contributed by atoms with Crippen LogP contribution >= 0.6 is 0 Å². The fourth-order valence-corrected chi connectivity index (χ4v) is 7.33. The lowest BCUT2D eigenvalue weighted by atomic mass is 10.0. The molecule has 2 aliphatic carbocycles. The minimum absolute atomic E-state index is 0.0341. The van der Waals surface area contributed by atoms with Crippen LogP contribution in [-0.4, -0.2) is 89.4 Å². The number of carbonyl (C=O) groups is 1. The van der Waals surface area contributed by atoms with Gasteiger partial charge in [-0.15, -0.1) is 0 Å². The van der Waals surface area contributed by atoms with Crippen LogP contribution in [0.4, 0.5) is 0 Å². The predicted molar refractivity (Wildman–Crippen MR) is 175 cm³/mol. The van der Waals surface area contributed by atoms with E-state index < -0.39 is 6.10 Å². The molecule has 6 rings (SSSR count). The summed E-state index contributed by atoms with van der Waals surface area (Å²) < 4.78 is 5.89. The van der Waals surface area contributed by atoms with Gasteiger partial charge in [-0.1, -0.05) is 36.8 Å². The van der Waals surface area contributed by atoms with Gasteiger partial charge in [0.1, 0.15) is 5.75 Å². The van der Waals surface area contributed by atoms with Crippen molar-refractivity contribution in [3.05, 3.63) is 75.6 Å². The zero-order chi connectivity index (χ0) is 31.2. The van der Waals surface area contributed by atoms with Gasteiger partial charge in [-0.2, -0.15) is 0 Å². The van der Waals surface area contributed by atoms with Gasteiger partial charge in [0.05, 0.1) is 31.3 Å². The van der Waals surface area contributed by atoms with E-state index in [4.69, 9.17) is 4.74 Å². The van der Waals surface area contributed by atoms with Crippen molar-refractivity contribution in [2.45, 2.75) is 63.5 Å². The van der Waals surface area contributed by atoms with Crippen LogP contribution in [0.2, 0.25) is 0 Å². The quantitative estimate of drug-likeness (QED) is 0.181. The number of nitrogens with zero attached hydrogens (tertiary/aromatic N) is 2. The molecule has 242 valence electrons. The Morgan fingerprint density at radius 2 is 1.80 bits per heavy atom. The molecule has 0 bridgehead atoms. The summed E-state index contributed by atoms with van der Waals surface area (Å²) in [5, 5.41) is 24.8. The number of pyridine rings is 1. The van der Waals surface area contributed by atoms with Crippen LogP contribution in [-0.2, 0) is 22.4 Å². The van der Waals surface area contributed by atoms with E-state index in [1.54, 1.807) is 12.1 Å². The molecule has 2 unspecified atom stereocenters. The first-order valence-corrected chi connectivity index (χ1v) is 16.9. The summed E-state index contributed by atoms with van der Waals surface area (Å²) in [7, 11) is 0. The molecular weight excluding hydrogens is 568 g/mol. The molecule has 1 saturated heterocycles. The maximum absolute atomic E-state index is 13.0. The lowest BCUT2D eigenvalue weighted by Gasteiger charge is -2.23. The molecule has 1 aromatic heterocycles. The highest BCUT2D eigenvalue weighted by molar-refractivity contribution is 5.87. The molecule has 3 atom stereocenters. The summed E-state index contributed by atoms with van der Waals surface area (Å²) in [5.41, 5.74) is 3.31. The van der Waals surface area contributed by atoms with E-state index >= 15 is 0 Å². The number of hydrogen-bond donors (Lipinski definition) is 4. The maximum atomic E-state index is 13.0. The highest BCUT2D eigenvalue weighted by Gasteiger charge is 2.35. The number of phenolic OH excluding ortho intramolecular Hbond substituents is 1. The molecule has 1 amide bonds. The number of H-pyrrole nitrogens is 1. The van der Waals surface area contributed by atoms with E-state index in [2.05, 4.69) is 39.5 Å². The van der Waals surface area contributed by atoms with E-state index in [1.807, 2.05) is 4.90 Å². The van der Waals surface area contributed by atoms with Crippen molar-refractivity contribution in [1.29, 1.82) is 0 Å². The van der Waals surface area contributed by atoms with Crippen LogP contribution in [0, 0.1) is 11.8 Å². The SMILES string of the molecule is O=C(CCOCCc1cccc(CCN2CC3CCCC3C2)c1)N(CCNC[C@H](O)c1ccc(O)c2[nH]c(=O)ccc12)C1CC1. The number of aliphatic hydroxyl groups excluding tert-OH is 1. The highest BCUT2D eigenvalue weighted by Crippen LogP contribution is 2.37. The zero-order valence-corrected chi connectivity index (χ0v) is 26.3. The Bertz CT molecular complexity index is 1490. The van der Waals surface area contributed by atoms with Gasteiger partial charge in [-0.3, -0.25) is 9.59 Å². The monoisotopic (exact) mass is 616 g/mol. The number of aromatic amines is 1. The van der Waals surface area contributed by atoms with Crippen LogP contribution in [0.15, 0.2) is 53.3 Å². The summed E-state index contributed by atoms with van der Waals surface area (Å²) in [6.07, 6.45) is 7.83. The van der Waals surface area contributed by atoms with E-state index in [-0.39, 0.29) is 23.8 Å². The third-order valence-corrected chi connectivity index (χ3v) is 9.95. The molecule has 45 heavy (non-hydrogen) atoms. The number of ether oxygens (including phenoxy) is 1. The smallest absolute Gasteiger partial charge is 0.248 e. The first-order valence-electron chi connectivity index (χ1n) is 16.9. The Kier molecular flexibility index (Phi) is 10.5. The second kappa shape index (κ2) is 14.9. The van der Waals surface area contributed by atoms with Crippen LogP contribution in [0.5, 0.6) is 5.75 Å². The standard InChI is InChI=1S/C36H48N4O5/c41-32-11-9-30(31-10-12-34(43)38-36(31)32)33(42)22-37-16-18-40(29-7-8-29)35(44)15-20-45-19-14-26-4-1-3-25(21-26)13-17-39-23-27-5-2-6-28(27)24-39/h1,3-4,9-12,21,27-29,33,37,41-42H,2,5-8,13-20,22-24H2,(H,38,43)/t27?,28?,33-/m0/s1. The number of benzene rings is 2. The number of carbonyl (C=O) groups excluding carboxylic acids is 1. The number of nitrogens with one attached hydrogen (secondary N) is 2. The van der Waals surface area contributed by atoms with Crippen molar-refractivity contribution in [3.8, 4) is 5.75 Å². The molecule has 2 saturated carbocycles. The third-order valence-electron chi connectivity index (χ3n) is 9.95. The average molecular weight is 617 g/mol. The molecule has 9 heteroatoms. The van der Waals surface area contributed by atoms with Gasteiger partial charge in [-0.25, -0.2) is 0 Å². The molecule has 9 nitrogen and oxygen atoms in total. The largest absolute Gasteiger partial charge is 0.506 e. The number of rotatable bonds is 16. The Balaban J connectivity index is 0.879. The minimum atomic E-state index is -0.831. The number of likely N-dealkylation sites (tertiary alicyclic amines) is 1. The topological polar surface area (TPSA) is 118 Å². The van der Waals surface area contributed by atoms with E-state index in [1.165, 1.54) is 55.6 Å². The van der Waals surface area contributed by atoms with Crippen molar-refractivity contribution in [1.82, 2.24) is 20.1 Å². The summed E-state index contributed by atoms with van der Waals surface area (Å²) >= 11 is 0. The summed E-state index contributed by atoms with van der Waals surface area (Å²) in [4.78, 5) is 31.9. The Hall–Kier alpha value is -3.24. The van der Waals surface area contributed by atoms with Crippen LogP contribution in [0.3, 0.4) is 0 Å². The van der Waals surface area contributed by atoms with Gasteiger partial charge in [0, 0.05) is 56.8 Å². The van der Waals surface area contributed by atoms with Crippen LogP contribution in [0.25, 0.3) is 10.9 Å². The van der Waals surface area contributed by atoms with Crippen molar-refractivity contribution >= 4 is 16.8 Å². The van der Waals surface area contributed by atoms with Gasteiger partial charge < -0.3 is 35.1 Å². The van der Waals surface area contributed by atoms with Gasteiger partial charge in [0.25, 0.3) is 0 Å². The number of phenols is 1. The Morgan fingerprint density at radius 3 is 2.58 bits per heavy atom.